The van der Waals surface area contributed by atoms with Gasteiger partial charge in [-0.3, -0.25) is 29.4 Å². The molecule has 0 unspecified atom stereocenters. The molecule has 3 aromatic rings. The Balaban J connectivity index is 1.11. The fourth-order valence-electron chi connectivity index (χ4n) is 6.85. The van der Waals surface area contributed by atoms with Gasteiger partial charge in [-0.2, -0.15) is 0 Å². The molecule has 2 atom stereocenters. The number of rotatable bonds is 39. The van der Waals surface area contributed by atoms with E-state index < -0.39 is 29.9 Å². The molecule has 0 spiro atoms. The molecular formula is C49H78N10O12. The van der Waals surface area contributed by atoms with Gasteiger partial charge < -0.3 is 70.6 Å². The van der Waals surface area contributed by atoms with E-state index in [4.69, 9.17) is 34.2 Å². The first-order chi connectivity index (χ1) is 34.3. The fraction of sp³-hybridized carbons (Fsp3) is 0.592. The number of anilines is 1. The summed E-state index contributed by atoms with van der Waals surface area (Å²) < 4.78 is 35.2. The molecule has 3 rings (SSSR count). The van der Waals surface area contributed by atoms with Crippen LogP contribution in [-0.4, -0.2) is 170 Å². The summed E-state index contributed by atoms with van der Waals surface area (Å²) >= 11 is 0. The quantitative estimate of drug-likeness (QED) is 0.0296. The van der Waals surface area contributed by atoms with Crippen molar-refractivity contribution >= 4 is 52.2 Å². The van der Waals surface area contributed by atoms with Gasteiger partial charge in [0, 0.05) is 56.4 Å². The molecule has 0 aliphatic carbocycles. The van der Waals surface area contributed by atoms with E-state index in [2.05, 4.69) is 54.0 Å². The fourth-order valence-corrected chi connectivity index (χ4v) is 6.85. The van der Waals surface area contributed by atoms with Crippen LogP contribution in [0.5, 0.6) is 0 Å². The SMILES string of the molecule is CNN(C)Cc1cc2ccccc2n1CCC(=O)NCC(=O)NCCOCCOCCOCCOCCOCCOCCC(=O)N[C@H](C(=O)N[C@@H](CCCNC(N)=O)C(=O)Nc1ccc(C)cc1)C(C)C. The Hall–Kier alpha value is -5.72. The molecule has 1 heterocycles. The highest BCUT2D eigenvalue weighted by Crippen LogP contribution is 2.21. The number of nitrogens with two attached hydrogens (primary N) is 1. The van der Waals surface area contributed by atoms with Gasteiger partial charge in [0.2, 0.25) is 29.5 Å². The number of nitrogens with zero attached hydrogens (tertiary/aromatic N) is 2. The molecule has 22 nitrogen and oxygen atoms in total. The highest BCUT2D eigenvalue weighted by Gasteiger charge is 2.29. The lowest BCUT2D eigenvalue weighted by Crippen LogP contribution is -2.54. The smallest absolute Gasteiger partial charge is 0.312 e. The van der Waals surface area contributed by atoms with E-state index in [-0.39, 0.29) is 69.2 Å². The second kappa shape index (κ2) is 35.4. The number of nitrogens with one attached hydrogen (secondary N) is 7. The number of primary amides is 1. The van der Waals surface area contributed by atoms with Gasteiger partial charge in [0.15, 0.2) is 0 Å². The molecule has 0 saturated heterocycles. The Morgan fingerprint density at radius 1 is 0.662 bits per heavy atom. The van der Waals surface area contributed by atoms with Crippen molar-refractivity contribution in [1.29, 1.82) is 0 Å². The lowest BCUT2D eigenvalue weighted by Gasteiger charge is -2.25. The summed E-state index contributed by atoms with van der Waals surface area (Å²) in [6.45, 7) is 11.1. The van der Waals surface area contributed by atoms with Gasteiger partial charge in [0.25, 0.3) is 0 Å². The number of carbonyl (C=O) groups excluding carboxylic acids is 6. The number of para-hydroxylation sites is 1. The zero-order valence-corrected chi connectivity index (χ0v) is 42.1. The number of benzene rings is 2. The molecule has 0 fully saturated rings. The number of aromatic nitrogens is 1. The van der Waals surface area contributed by atoms with Crippen molar-refractivity contribution in [2.75, 3.05) is 118 Å². The number of hydrazine groups is 1. The molecule has 0 aliphatic rings. The summed E-state index contributed by atoms with van der Waals surface area (Å²) in [7, 11) is 3.81. The summed E-state index contributed by atoms with van der Waals surface area (Å²) in [5, 5.41) is 19.3. The molecule has 0 radical (unpaired) electrons. The van der Waals surface area contributed by atoms with E-state index in [0.717, 1.165) is 22.2 Å². The molecule has 396 valence electrons. The van der Waals surface area contributed by atoms with E-state index in [9.17, 15) is 28.8 Å². The maximum Gasteiger partial charge on any atom is 0.312 e. The van der Waals surface area contributed by atoms with Crippen molar-refractivity contribution in [3.63, 3.8) is 0 Å². The summed E-state index contributed by atoms with van der Waals surface area (Å²) in [6, 6.07) is 14.9. The van der Waals surface area contributed by atoms with Gasteiger partial charge in [0.1, 0.15) is 12.1 Å². The third-order valence-electron chi connectivity index (χ3n) is 10.8. The van der Waals surface area contributed by atoms with Crippen LogP contribution in [0.1, 0.15) is 50.8 Å². The third kappa shape index (κ3) is 25.8. The third-order valence-corrected chi connectivity index (χ3v) is 10.8. The minimum atomic E-state index is -0.929. The first kappa shape index (κ1) is 59.6. The molecule has 1 aromatic heterocycles. The second-order valence-electron chi connectivity index (χ2n) is 16.9. The van der Waals surface area contributed by atoms with Gasteiger partial charge in [-0.1, -0.05) is 49.7 Å². The number of ether oxygens (including phenoxy) is 6. The number of carbonyl (C=O) groups is 6. The van der Waals surface area contributed by atoms with Crippen molar-refractivity contribution in [3.05, 3.63) is 65.9 Å². The standard InChI is InChI=1S/C49H78N10O12/c1-36(2)46(48(64)56-41(10-8-18-53-49(50)65)47(63)55-39-14-12-37(3)13-15-39)57-44(61)17-21-66-23-25-68-27-29-70-31-32-71-30-28-69-26-24-67-22-19-52-45(62)34-54-43(60)16-20-59-40(35-58(5)51-4)33-38-9-6-7-11-42(38)59/h6-7,9,11-15,33,36,41,46,51H,8,10,16-32,34-35H2,1-5H3,(H,52,62)(H,54,60)(H,55,63)(H,56,64)(H,57,61)(H3,50,53,65)/t41-,46-/m0/s1. The summed E-state index contributed by atoms with van der Waals surface area (Å²) in [5.74, 6) is -2.08. The van der Waals surface area contributed by atoms with Gasteiger partial charge in [0.05, 0.1) is 92.4 Å². The van der Waals surface area contributed by atoms with Crippen molar-refractivity contribution in [1.82, 2.24) is 41.6 Å². The summed E-state index contributed by atoms with van der Waals surface area (Å²) in [6.07, 6.45) is 0.864. The number of aryl methyl sites for hydroxylation is 2. The van der Waals surface area contributed by atoms with Crippen LogP contribution < -0.4 is 43.1 Å². The lowest BCUT2D eigenvalue weighted by molar-refractivity contribution is -0.132. The average molecular weight is 999 g/mol. The number of hydrogen-bond donors (Lipinski definition) is 8. The average Bonchev–Trinajstić information content (AvgIpc) is 3.69. The van der Waals surface area contributed by atoms with Crippen molar-refractivity contribution in [2.45, 2.75) is 71.6 Å². The number of fused-ring (bicyclic) bond motifs is 1. The van der Waals surface area contributed by atoms with E-state index in [1.54, 1.807) is 26.0 Å². The van der Waals surface area contributed by atoms with Crippen molar-refractivity contribution in [2.24, 2.45) is 11.7 Å². The van der Waals surface area contributed by atoms with Crippen LogP contribution >= 0.6 is 0 Å². The van der Waals surface area contributed by atoms with Gasteiger partial charge >= 0.3 is 6.03 Å². The molecule has 9 N–H and O–H groups in total. The van der Waals surface area contributed by atoms with Crippen LogP contribution in [0.2, 0.25) is 0 Å². The topological polar surface area (TPSA) is 276 Å². The minimum Gasteiger partial charge on any atom is -0.379 e. The maximum atomic E-state index is 13.3. The number of amides is 7. The van der Waals surface area contributed by atoms with E-state index in [1.807, 2.05) is 56.4 Å². The molecule has 0 aliphatic heterocycles. The van der Waals surface area contributed by atoms with Crippen LogP contribution in [-0.2, 0) is 65.5 Å². The number of urea groups is 1. The molecule has 71 heavy (non-hydrogen) atoms. The first-order valence-electron chi connectivity index (χ1n) is 24.2. The summed E-state index contributed by atoms with van der Waals surface area (Å²) in [4.78, 5) is 75.1. The predicted octanol–water partition coefficient (Wildman–Crippen LogP) is 1.34. The van der Waals surface area contributed by atoms with Crippen LogP contribution in [0, 0.1) is 12.8 Å². The summed E-state index contributed by atoms with van der Waals surface area (Å²) in [5.41, 5.74) is 12.0. The highest BCUT2D eigenvalue weighted by molar-refractivity contribution is 5.98. The Kier molecular flexibility index (Phi) is 29.7. The Morgan fingerprint density at radius 2 is 1.25 bits per heavy atom. The minimum absolute atomic E-state index is 0.0207. The number of hydrogen-bond acceptors (Lipinski definition) is 14. The van der Waals surface area contributed by atoms with E-state index in [1.165, 1.54) is 0 Å². The Labute approximate surface area is 417 Å². The van der Waals surface area contributed by atoms with Gasteiger partial charge in [-0.05, 0) is 62.4 Å². The Bertz CT molecular complexity index is 2040. The Morgan fingerprint density at radius 3 is 1.85 bits per heavy atom. The predicted molar refractivity (Wildman–Crippen MR) is 268 cm³/mol. The van der Waals surface area contributed by atoms with E-state index >= 15 is 0 Å². The molecule has 0 saturated carbocycles. The van der Waals surface area contributed by atoms with Crippen molar-refractivity contribution < 1.29 is 57.2 Å². The van der Waals surface area contributed by atoms with Gasteiger partial charge in [-0.15, -0.1) is 0 Å². The van der Waals surface area contributed by atoms with E-state index in [0.29, 0.717) is 97.8 Å². The molecular weight excluding hydrogens is 921 g/mol. The normalized spacial score (nSPS) is 12.2. The molecule has 2 aromatic carbocycles. The largest absolute Gasteiger partial charge is 0.379 e. The van der Waals surface area contributed by atoms with Crippen molar-refractivity contribution in [3.8, 4) is 0 Å². The molecule has 22 heteroatoms. The maximum absolute atomic E-state index is 13.3. The van der Waals surface area contributed by atoms with Crippen LogP contribution in [0.3, 0.4) is 0 Å². The van der Waals surface area contributed by atoms with Crippen LogP contribution in [0.25, 0.3) is 10.9 Å². The second-order valence-corrected chi connectivity index (χ2v) is 16.9. The molecule has 7 amide bonds. The molecule has 0 bridgehead atoms. The lowest BCUT2D eigenvalue weighted by atomic mass is 10.0. The van der Waals surface area contributed by atoms with Gasteiger partial charge in [-0.25, -0.2) is 9.80 Å². The zero-order valence-electron chi connectivity index (χ0n) is 42.1. The first-order valence-corrected chi connectivity index (χ1v) is 24.2. The van der Waals surface area contributed by atoms with Crippen LogP contribution in [0.4, 0.5) is 10.5 Å². The zero-order chi connectivity index (χ0) is 51.6. The highest BCUT2D eigenvalue weighted by atomic mass is 16.6. The van der Waals surface area contributed by atoms with Crippen LogP contribution in [0.15, 0.2) is 54.6 Å². The monoisotopic (exact) mass is 999 g/mol.